The van der Waals surface area contributed by atoms with Crippen LogP contribution in [-0.2, 0) is 26.2 Å². The number of nitrogens with one attached hydrogen (secondary N) is 1. The molecular weight excluding hydrogens is 438 g/mol. The second kappa shape index (κ2) is 11.3. The summed E-state index contributed by atoms with van der Waals surface area (Å²) < 4.78 is 26.3. The van der Waals surface area contributed by atoms with Gasteiger partial charge in [-0.2, -0.15) is 0 Å². The van der Waals surface area contributed by atoms with Crippen molar-refractivity contribution in [3.8, 4) is 0 Å². The molecule has 0 heterocycles. The summed E-state index contributed by atoms with van der Waals surface area (Å²) in [4.78, 5) is 27.5. The van der Waals surface area contributed by atoms with E-state index in [1.165, 1.54) is 11.9 Å². The van der Waals surface area contributed by atoms with Gasteiger partial charge in [0.15, 0.2) is 0 Å². The van der Waals surface area contributed by atoms with E-state index in [-0.39, 0.29) is 19.0 Å². The van der Waals surface area contributed by atoms with Crippen molar-refractivity contribution in [2.45, 2.75) is 52.6 Å². The van der Waals surface area contributed by atoms with E-state index in [2.05, 4.69) is 19.2 Å². The molecule has 0 aliphatic rings. The smallest absolute Gasteiger partial charge is 0.244 e. The van der Waals surface area contributed by atoms with Crippen molar-refractivity contribution in [3.05, 3.63) is 65.2 Å². The molecule has 0 saturated carbocycles. The first-order valence-corrected chi connectivity index (χ1v) is 13.0. The van der Waals surface area contributed by atoms with Crippen LogP contribution in [0.1, 0.15) is 49.8 Å². The zero-order chi connectivity index (χ0) is 24.8. The molecule has 180 valence electrons. The number of likely N-dealkylation sites (N-methyl/N-ethyl adjacent to an activating group) is 1. The molecule has 0 fully saturated rings. The van der Waals surface area contributed by atoms with E-state index >= 15 is 0 Å². The summed E-state index contributed by atoms with van der Waals surface area (Å²) in [7, 11) is -2.20. The van der Waals surface area contributed by atoms with Gasteiger partial charge in [0.1, 0.15) is 12.6 Å². The molecule has 0 radical (unpaired) electrons. The molecule has 2 rings (SSSR count). The van der Waals surface area contributed by atoms with Crippen molar-refractivity contribution in [1.29, 1.82) is 0 Å². The maximum atomic E-state index is 13.5. The Kier molecular flexibility index (Phi) is 9.05. The minimum absolute atomic E-state index is 0.205. The van der Waals surface area contributed by atoms with Gasteiger partial charge in [0.25, 0.3) is 0 Å². The van der Waals surface area contributed by atoms with E-state index < -0.39 is 22.0 Å². The lowest BCUT2D eigenvalue weighted by Gasteiger charge is -2.32. The highest BCUT2D eigenvalue weighted by molar-refractivity contribution is 7.92. The van der Waals surface area contributed by atoms with Gasteiger partial charge < -0.3 is 10.2 Å². The van der Waals surface area contributed by atoms with E-state index in [0.29, 0.717) is 18.0 Å². The maximum absolute atomic E-state index is 13.5. The molecule has 7 nitrogen and oxygen atoms in total. The molecule has 0 unspecified atom stereocenters. The third-order valence-corrected chi connectivity index (χ3v) is 6.74. The summed E-state index contributed by atoms with van der Waals surface area (Å²) in [5.41, 5.74) is 3.40. The summed E-state index contributed by atoms with van der Waals surface area (Å²) in [5, 5.41) is 2.62. The number of nitrogens with zero attached hydrogens (tertiary/aromatic N) is 2. The topological polar surface area (TPSA) is 86.8 Å². The lowest BCUT2D eigenvalue weighted by Crippen LogP contribution is -2.51. The van der Waals surface area contributed by atoms with Crippen molar-refractivity contribution < 1.29 is 18.0 Å². The fourth-order valence-electron chi connectivity index (χ4n) is 3.73. The first-order chi connectivity index (χ1) is 15.5. The van der Waals surface area contributed by atoms with Crippen LogP contribution in [0.4, 0.5) is 5.69 Å². The first-order valence-electron chi connectivity index (χ1n) is 11.1. The largest absolute Gasteiger partial charge is 0.357 e. The fraction of sp³-hybridized carbons (Fsp3) is 0.440. The van der Waals surface area contributed by atoms with Crippen molar-refractivity contribution in [2.75, 3.05) is 24.2 Å². The number of benzene rings is 2. The summed E-state index contributed by atoms with van der Waals surface area (Å²) in [5.74, 6) is -0.425. The van der Waals surface area contributed by atoms with Crippen LogP contribution >= 0.6 is 0 Å². The van der Waals surface area contributed by atoms with Gasteiger partial charge in [-0.15, -0.1) is 0 Å². The van der Waals surface area contributed by atoms with Crippen molar-refractivity contribution in [3.63, 3.8) is 0 Å². The first kappa shape index (κ1) is 26.4. The van der Waals surface area contributed by atoms with Crippen LogP contribution in [0, 0.1) is 6.92 Å². The Morgan fingerprint density at radius 1 is 1.06 bits per heavy atom. The Balaban J connectivity index is 2.41. The van der Waals surface area contributed by atoms with E-state index in [1.807, 2.05) is 50.2 Å². The van der Waals surface area contributed by atoms with Crippen LogP contribution in [-0.4, -0.2) is 51.0 Å². The summed E-state index contributed by atoms with van der Waals surface area (Å²) in [6.07, 6.45) is 1.48. The van der Waals surface area contributed by atoms with E-state index in [4.69, 9.17) is 0 Å². The van der Waals surface area contributed by atoms with Crippen LogP contribution in [0.5, 0.6) is 0 Å². The van der Waals surface area contributed by atoms with Crippen LogP contribution in [0.15, 0.2) is 48.5 Å². The Morgan fingerprint density at radius 2 is 1.70 bits per heavy atom. The number of rotatable bonds is 10. The molecule has 0 aliphatic carbocycles. The van der Waals surface area contributed by atoms with Gasteiger partial charge in [0, 0.05) is 13.6 Å². The second-order valence-corrected chi connectivity index (χ2v) is 10.5. The lowest BCUT2D eigenvalue weighted by atomic mass is 10.0. The van der Waals surface area contributed by atoms with Crippen LogP contribution in [0.2, 0.25) is 0 Å². The average Bonchev–Trinajstić information content (AvgIpc) is 2.76. The Bertz CT molecular complexity index is 1070. The second-order valence-electron chi connectivity index (χ2n) is 8.56. The maximum Gasteiger partial charge on any atom is 0.244 e. The number of carbonyl (C=O) groups excluding carboxylic acids is 2. The van der Waals surface area contributed by atoms with Crippen LogP contribution in [0.3, 0.4) is 0 Å². The molecule has 0 saturated heterocycles. The number of hydrogen-bond acceptors (Lipinski definition) is 4. The molecule has 1 atom stereocenters. The lowest BCUT2D eigenvalue weighted by molar-refractivity contribution is -0.140. The van der Waals surface area contributed by atoms with Crippen molar-refractivity contribution in [2.24, 2.45) is 0 Å². The van der Waals surface area contributed by atoms with Crippen LogP contribution in [0.25, 0.3) is 0 Å². The zero-order valence-corrected chi connectivity index (χ0v) is 21.1. The monoisotopic (exact) mass is 473 g/mol. The highest BCUT2D eigenvalue weighted by Crippen LogP contribution is 2.23. The minimum atomic E-state index is -3.73. The molecule has 1 N–H and O–H groups in total. The molecule has 2 aromatic carbocycles. The Morgan fingerprint density at radius 3 is 2.18 bits per heavy atom. The number of aryl methyl sites for hydroxylation is 1. The SMILES string of the molecule is CC[C@H](C(=O)NC)N(Cc1cccc(C)c1)C(=O)CN(c1ccc(C(C)C)cc1)S(C)(=O)=O. The Hall–Kier alpha value is -2.87. The van der Waals surface area contributed by atoms with Gasteiger partial charge in [-0.1, -0.05) is 62.7 Å². The summed E-state index contributed by atoms with van der Waals surface area (Å²) in [6, 6.07) is 14.1. The van der Waals surface area contributed by atoms with Gasteiger partial charge in [-0.25, -0.2) is 8.42 Å². The number of anilines is 1. The molecule has 0 bridgehead atoms. The third-order valence-electron chi connectivity index (χ3n) is 5.59. The normalized spacial score (nSPS) is 12.3. The molecular formula is C25H35N3O4S. The predicted octanol–water partition coefficient (Wildman–Crippen LogP) is 3.44. The highest BCUT2D eigenvalue weighted by atomic mass is 32.2. The standard InChI is InChI=1S/C25H35N3O4S/c1-7-23(25(30)26-5)27(16-20-10-8-9-19(4)15-20)24(29)17-28(33(6,31)32)22-13-11-21(12-14-22)18(2)3/h8-15,18,23H,7,16-17H2,1-6H3,(H,26,30)/t23-/m1/s1. The van der Waals surface area contributed by atoms with Crippen LogP contribution < -0.4 is 9.62 Å². The van der Waals surface area contributed by atoms with Crippen molar-refractivity contribution >= 4 is 27.5 Å². The van der Waals surface area contributed by atoms with Gasteiger partial charge >= 0.3 is 0 Å². The van der Waals surface area contributed by atoms with Gasteiger partial charge in [0.2, 0.25) is 21.8 Å². The number of hydrogen-bond donors (Lipinski definition) is 1. The number of carbonyl (C=O) groups is 2. The number of amides is 2. The van der Waals surface area contributed by atoms with E-state index in [1.54, 1.807) is 12.1 Å². The van der Waals surface area contributed by atoms with E-state index in [9.17, 15) is 18.0 Å². The van der Waals surface area contributed by atoms with Gasteiger partial charge in [0.05, 0.1) is 11.9 Å². The quantitative estimate of drug-likeness (QED) is 0.573. The molecule has 0 spiro atoms. The third kappa shape index (κ3) is 7.05. The van der Waals surface area contributed by atoms with E-state index in [0.717, 1.165) is 27.3 Å². The minimum Gasteiger partial charge on any atom is -0.357 e. The van der Waals surface area contributed by atoms with Gasteiger partial charge in [-0.3, -0.25) is 13.9 Å². The summed E-state index contributed by atoms with van der Waals surface area (Å²) >= 11 is 0. The molecule has 2 amide bonds. The molecule has 2 aromatic rings. The summed E-state index contributed by atoms with van der Waals surface area (Å²) in [6.45, 7) is 7.71. The predicted molar refractivity (Wildman–Crippen MR) is 133 cm³/mol. The van der Waals surface area contributed by atoms with Crippen molar-refractivity contribution in [1.82, 2.24) is 10.2 Å². The fourth-order valence-corrected chi connectivity index (χ4v) is 4.58. The molecule has 0 aromatic heterocycles. The average molecular weight is 474 g/mol. The Labute approximate surface area is 197 Å². The molecule has 33 heavy (non-hydrogen) atoms. The van der Waals surface area contributed by atoms with Gasteiger partial charge in [-0.05, 0) is 42.5 Å². The highest BCUT2D eigenvalue weighted by Gasteiger charge is 2.31. The number of sulfonamides is 1. The zero-order valence-electron chi connectivity index (χ0n) is 20.3. The molecule has 8 heteroatoms. The molecule has 0 aliphatic heterocycles.